The molecular weight excluding hydrogens is 368 g/mol. The van der Waals surface area contributed by atoms with Crippen molar-refractivity contribution < 1.29 is 14.3 Å². The van der Waals surface area contributed by atoms with Gasteiger partial charge in [0.25, 0.3) is 5.91 Å². The summed E-state index contributed by atoms with van der Waals surface area (Å²) in [5, 5.41) is 9.40. The Hall–Kier alpha value is -3.06. The molecule has 0 unspecified atom stereocenters. The second kappa shape index (κ2) is 13.2. The fourth-order valence-corrected chi connectivity index (χ4v) is 2.56. The van der Waals surface area contributed by atoms with E-state index >= 15 is 0 Å². The van der Waals surface area contributed by atoms with Gasteiger partial charge in [0.15, 0.2) is 5.96 Å². The summed E-state index contributed by atoms with van der Waals surface area (Å²) in [7, 11) is 3.40. The molecule has 2 aromatic carbocycles. The number of carbonyl (C=O) groups excluding carboxylic acids is 1. The van der Waals surface area contributed by atoms with Crippen LogP contribution in [0.3, 0.4) is 0 Å². The fourth-order valence-electron chi connectivity index (χ4n) is 2.56. The zero-order valence-corrected chi connectivity index (χ0v) is 17.1. The van der Waals surface area contributed by atoms with Crippen molar-refractivity contribution in [2.45, 2.75) is 12.8 Å². The first kappa shape index (κ1) is 22.2. The molecule has 2 aromatic rings. The van der Waals surface area contributed by atoms with Crippen LogP contribution in [-0.4, -0.2) is 52.3 Å². The SMILES string of the molecule is CN=C(NCCCNC(=O)c1ccccc1)Nc1cccc(OCCCOC)c1. The Bertz CT molecular complexity index is 766. The third-order valence-corrected chi connectivity index (χ3v) is 4.05. The van der Waals surface area contributed by atoms with Gasteiger partial charge < -0.3 is 25.4 Å². The molecule has 0 atom stereocenters. The lowest BCUT2D eigenvalue weighted by Crippen LogP contribution is -2.33. The summed E-state index contributed by atoms with van der Waals surface area (Å²) < 4.78 is 10.7. The molecule has 29 heavy (non-hydrogen) atoms. The van der Waals surface area contributed by atoms with Gasteiger partial charge in [-0.2, -0.15) is 0 Å². The summed E-state index contributed by atoms with van der Waals surface area (Å²) in [4.78, 5) is 16.2. The highest BCUT2D eigenvalue weighted by atomic mass is 16.5. The smallest absolute Gasteiger partial charge is 0.251 e. The second-order valence-corrected chi connectivity index (χ2v) is 6.32. The van der Waals surface area contributed by atoms with Crippen LogP contribution in [0.15, 0.2) is 59.6 Å². The number of hydrogen-bond acceptors (Lipinski definition) is 4. The third-order valence-electron chi connectivity index (χ3n) is 4.05. The van der Waals surface area contributed by atoms with Gasteiger partial charge in [-0.05, 0) is 30.7 Å². The number of carbonyl (C=O) groups is 1. The first-order valence-electron chi connectivity index (χ1n) is 9.75. The van der Waals surface area contributed by atoms with Crippen LogP contribution in [0.4, 0.5) is 5.69 Å². The molecule has 0 saturated heterocycles. The molecule has 0 radical (unpaired) electrons. The van der Waals surface area contributed by atoms with E-state index in [1.165, 1.54) is 0 Å². The van der Waals surface area contributed by atoms with E-state index in [4.69, 9.17) is 9.47 Å². The first-order valence-corrected chi connectivity index (χ1v) is 9.75. The van der Waals surface area contributed by atoms with Gasteiger partial charge >= 0.3 is 0 Å². The van der Waals surface area contributed by atoms with Crippen LogP contribution < -0.4 is 20.7 Å². The minimum Gasteiger partial charge on any atom is -0.493 e. The third kappa shape index (κ3) is 8.66. The maximum absolute atomic E-state index is 12.0. The van der Waals surface area contributed by atoms with E-state index in [1.54, 1.807) is 26.3 Å². The Morgan fingerprint density at radius 1 is 0.966 bits per heavy atom. The van der Waals surface area contributed by atoms with Gasteiger partial charge in [0, 0.05) is 57.6 Å². The molecule has 2 rings (SSSR count). The van der Waals surface area contributed by atoms with Crippen molar-refractivity contribution in [1.82, 2.24) is 10.6 Å². The summed E-state index contributed by atoms with van der Waals surface area (Å²) in [5.74, 6) is 1.40. The average Bonchev–Trinajstić information content (AvgIpc) is 2.76. The molecule has 1 amide bonds. The van der Waals surface area contributed by atoms with Crippen molar-refractivity contribution in [3.05, 3.63) is 60.2 Å². The van der Waals surface area contributed by atoms with Gasteiger partial charge in [0.05, 0.1) is 6.61 Å². The highest BCUT2D eigenvalue weighted by Gasteiger charge is 2.04. The van der Waals surface area contributed by atoms with Crippen LogP contribution >= 0.6 is 0 Å². The molecule has 0 aliphatic heterocycles. The summed E-state index contributed by atoms with van der Waals surface area (Å²) in [6.07, 6.45) is 1.63. The molecule has 0 fully saturated rings. The average molecular weight is 399 g/mol. The number of nitrogens with zero attached hydrogens (tertiary/aromatic N) is 1. The lowest BCUT2D eigenvalue weighted by Gasteiger charge is -2.13. The maximum atomic E-state index is 12.0. The van der Waals surface area contributed by atoms with E-state index in [0.717, 1.165) is 24.3 Å². The van der Waals surface area contributed by atoms with Crippen LogP contribution in [0.2, 0.25) is 0 Å². The summed E-state index contributed by atoms with van der Waals surface area (Å²) in [6, 6.07) is 16.9. The number of aliphatic imine (C=N–C) groups is 1. The second-order valence-electron chi connectivity index (χ2n) is 6.32. The number of rotatable bonds is 11. The molecule has 156 valence electrons. The highest BCUT2D eigenvalue weighted by molar-refractivity contribution is 5.94. The van der Waals surface area contributed by atoms with Crippen LogP contribution in [0.5, 0.6) is 5.75 Å². The first-order chi connectivity index (χ1) is 14.2. The van der Waals surface area contributed by atoms with Gasteiger partial charge in [-0.25, -0.2) is 0 Å². The van der Waals surface area contributed by atoms with E-state index in [9.17, 15) is 4.79 Å². The van der Waals surface area contributed by atoms with Gasteiger partial charge in [-0.1, -0.05) is 24.3 Å². The number of guanidine groups is 1. The molecule has 0 heterocycles. The van der Waals surface area contributed by atoms with E-state index in [1.807, 2.05) is 42.5 Å². The van der Waals surface area contributed by atoms with E-state index in [2.05, 4.69) is 20.9 Å². The number of benzene rings is 2. The van der Waals surface area contributed by atoms with Crippen molar-refractivity contribution in [2.75, 3.05) is 45.8 Å². The molecule has 0 aromatic heterocycles. The zero-order chi connectivity index (χ0) is 20.7. The number of anilines is 1. The van der Waals surface area contributed by atoms with E-state index < -0.39 is 0 Å². The van der Waals surface area contributed by atoms with Crippen LogP contribution in [0.25, 0.3) is 0 Å². The predicted octanol–water partition coefficient (Wildman–Crippen LogP) is 2.91. The largest absolute Gasteiger partial charge is 0.493 e. The van der Waals surface area contributed by atoms with Crippen molar-refractivity contribution in [3.63, 3.8) is 0 Å². The molecule has 7 nitrogen and oxygen atoms in total. The molecular formula is C22H30N4O3. The number of ether oxygens (including phenoxy) is 2. The Kier molecular flexibility index (Phi) is 10.1. The van der Waals surface area contributed by atoms with Crippen molar-refractivity contribution in [1.29, 1.82) is 0 Å². The lowest BCUT2D eigenvalue weighted by atomic mass is 10.2. The predicted molar refractivity (Wildman–Crippen MR) is 117 cm³/mol. The quantitative estimate of drug-likeness (QED) is 0.308. The molecule has 0 saturated carbocycles. The minimum atomic E-state index is -0.0598. The standard InChI is InChI=1S/C22H30N4O3/c1-23-22(25-14-7-13-24-21(27)18-9-4-3-5-10-18)26-19-11-6-12-20(17-19)29-16-8-15-28-2/h3-6,9-12,17H,7-8,13-16H2,1-2H3,(H,24,27)(H2,23,25,26). The molecule has 0 aliphatic carbocycles. The number of methoxy groups -OCH3 is 1. The summed E-state index contributed by atoms with van der Waals surface area (Å²) in [6.45, 7) is 2.56. The highest BCUT2D eigenvalue weighted by Crippen LogP contribution is 2.17. The van der Waals surface area contributed by atoms with Crippen LogP contribution in [-0.2, 0) is 4.74 Å². The summed E-state index contributed by atoms with van der Waals surface area (Å²) in [5.41, 5.74) is 1.56. The molecule has 7 heteroatoms. The van der Waals surface area contributed by atoms with Crippen LogP contribution in [0.1, 0.15) is 23.2 Å². The van der Waals surface area contributed by atoms with Gasteiger partial charge in [-0.3, -0.25) is 9.79 Å². The van der Waals surface area contributed by atoms with Gasteiger partial charge in [-0.15, -0.1) is 0 Å². The van der Waals surface area contributed by atoms with Gasteiger partial charge in [0.1, 0.15) is 5.75 Å². The number of hydrogen-bond donors (Lipinski definition) is 3. The topological polar surface area (TPSA) is 84.0 Å². The Balaban J connectivity index is 1.69. The van der Waals surface area contributed by atoms with Gasteiger partial charge in [0.2, 0.25) is 0 Å². The molecule has 3 N–H and O–H groups in total. The monoisotopic (exact) mass is 398 g/mol. The fraction of sp³-hybridized carbons (Fsp3) is 0.364. The zero-order valence-electron chi connectivity index (χ0n) is 17.1. The normalized spacial score (nSPS) is 11.0. The van der Waals surface area contributed by atoms with Crippen molar-refractivity contribution in [3.8, 4) is 5.75 Å². The van der Waals surface area contributed by atoms with Crippen LogP contribution in [0, 0.1) is 0 Å². The Morgan fingerprint density at radius 2 is 1.76 bits per heavy atom. The molecule has 0 aliphatic rings. The van der Waals surface area contributed by atoms with E-state index in [0.29, 0.717) is 37.8 Å². The Morgan fingerprint density at radius 3 is 2.52 bits per heavy atom. The minimum absolute atomic E-state index is 0.0598. The summed E-state index contributed by atoms with van der Waals surface area (Å²) >= 11 is 0. The van der Waals surface area contributed by atoms with E-state index in [-0.39, 0.29) is 5.91 Å². The maximum Gasteiger partial charge on any atom is 0.251 e. The number of nitrogens with one attached hydrogen (secondary N) is 3. The van der Waals surface area contributed by atoms with Crippen molar-refractivity contribution in [2.24, 2.45) is 4.99 Å². The lowest BCUT2D eigenvalue weighted by molar-refractivity contribution is 0.0953. The molecule has 0 bridgehead atoms. The van der Waals surface area contributed by atoms with Crippen molar-refractivity contribution >= 4 is 17.6 Å². The number of amides is 1. The molecule has 0 spiro atoms. The Labute approximate surface area is 172 Å².